The van der Waals surface area contributed by atoms with Crippen LogP contribution in [0, 0.1) is 0 Å². The van der Waals surface area contributed by atoms with Crippen molar-refractivity contribution in [2.75, 3.05) is 36.5 Å². The number of alkyl halides is 6. The van der Waals surface area contributed by atoms with Gasteiger partial charge < -0.3 is 15.0 Å². The number of hydrogen-bond acceptors (Lipinski definition) is 4. The van der Waals surface area contributed by atoms with Gasteiger partial charge in [0.2, 0.25) is 0 Å². The number of amides is 1. The van der Waals surface area contributed by atoms with Crippen LogP contribution in [-0.2, 0) is 17.1 Å². The molecule has 1 N–H and O–H groups in total. The molecule has 0 radical (unpaired) electrons. The number of ether oxygens (including phenoxy) is 1. The fourth-order valence-corrected chi connectivity index (χ4v) is 3.57. The Hall–Kier alpha value is -3.54. The molecular formula is C22H18F6N4O2. The van der Waals surface area contributed by atoms with Crippen LogP contribution >= 0.6 is 0 Å². The number of carbonyl (C=O) groups excluding carboxylic acids is 1. The second kappa shape index (κ2) is 9.01. The topological polar surface area (TPSA) is 59.4 Å². The molecule has 1 aliphatic rings. The van der Waals surface area contributed by atoms with Crippen molar-refractivity contribution in [2.45, 2.75) is 12.4 Å². The SMILES string of the molecule is O=C(Nc1ccc(N2CCOCC2)cc1)c1cnn(-c2cccc(C(F)(F)F)c2)c1C(F)(F)F. The summed E-state index contributed by atoms with van der Waals surface area (Å²) in [5.74, 6) is -1.09. The van der Waals surface area contributed by atoms with Crippen LogP contribution < -0.4 is 10.2 Å². The maximum absolute atomic E-state index is 13.8. The van der Waals surface area contributed by atoms with E-state index in [2.05, 4.69) is 15.3 Å². The van der Waals surface area contributed by atoms with Gasteiger partial charge in [-0.2, -0.15) is 31.4 Å². The molecule has 1 saturated heterocycles. The van der Waals surface area contributed by atoms with Gasteiger partial charge in [0, 0.05) is 24.5 Å². The molecule has 1 fully saturated rings. The first-order valence-electron chi connectivity index (χ1n) is 10.1. The molecule has 12 heteroatoms. The van der Waals surface area contributed by atoms with E-state index in [-0.39, 0.29) is 10.4 Å². The van der Waals surface area contributed by atoms with E-state index in [0.29, 0.717) is 38.6 Å². The minimum Gasteiger partial charge on any atom is -0.378 e. The van der Waals surface area contributed by atoms with E-state index >= 15 is 0 Å². The molecule has 1 amide bonds. The Morgan fingerprint density at radius 2 is 1.59 bits per heavy atom. The normalized spacial score (nSPS) is 14.8. The molecule has 2 aromatic carbocycles. The van der Waals surface area contributed by atoms with Gasteiger partial charge in [0.25, 0.3) is 5.91 Å². The smallest absolute Gasteiger partial charge is 0.378 e. The number of hydrogen-bond donors (Lipinski definition) is 1. The highest BCUT2D eigenvalue weighted by atomic mass is 19.4. The zero-order valence-electron chi connectivity index (χ0n) is 17.5. The summed E-state index contributed by atoms with van der Waals surface area (Å²) < 4.78 is 86.1. The van der Waals surface area contributed by atoms with Gasteiger partial charge in [-0.3, -0.25) is 4.79 Å². The van der Waals surface area contributed by atoms with Crippen LogP contribution in [0.2, 0.25) is 0 Å². The lowest BCUT2D eigenvalue weighted by Crippen LogP contribution is -2.36. The Morgan fingerprint density at radius 1 is 0.912 bits per heavy atom. The predicted molar refractivity (Wildman–Crippen MR) is 111 cm³/mol. The molecule has 0 atom stereocenters. The summed E-state index contributed by atoms with van der Waals surface area (Å²) in [4.78, 5) is 14.7. The Labute approximate surface area is 189 Å². The molecule has 4 rings (SSSR count). The summed E-state index contributed by atoms with van der Waals surface area (Å²) in [6.45, 7) is 2.54. The van der Waals surface area contributed by atoms with Crippen molar-refractivity contribution in [3.05, 3.63) is 71.5 Å². The highest BCUT2D eigenvalue weighted by molar-refractivity contribution is 6.05. The molecule has 0 saturated carbocycles. The summed E-state index contributed by atoms with van der Waals surface area (Å²) >= 11 is 0. The minimum atomic E-state index is -5.06. The van der Waals surface area contributed by atoms with E-state index in [9.17, 15) is 31.1 Å². The predicted octanol–water partition coefficient (Wildman–Crippen LogP) is 5.00. The van der Waals surface area contributed by atoms with Crippen molar-refractivity contribution >= 4 is 17.3 Å². The first kappa shape index (κ1) is 23.6. The van der Waals surface area contributed by atoms with E-state index in [4.69, 9.17) is 4.74 Å². The number of nitrogens with one attached hydrogen (secondary N) is 1. The van der Waals surface area contributed by atoms with E-state index < -0.39 is 40.8 Å². The summed E-state index contributed by atoms with van der Waals surface area (Å²) in [6.07, 6.45) is -9.13. The molecule has 180 valence electrons. The molecule has 2 heterocycles. The van der Waals surface area contributed by atoms with Crippen molar-refractivity contribution in [2.24, 2.45) is 0 Å². The first-order valence-corrected chi connectivity index (χ1v) is 10.1. The van der Waals surface area contributed by atoms with Crippen LogP contribution in [-0.4, -0.2) is 42.0 Å². The number of carbonyl (C=O) groups is 1. The van der Waals surface area contributed by atoms with Gasteiger partial charge in [-0.05, 0) is 42.5 Å². The van der Waals surface area contributed by atoms with Crippen LogP contribution in [0.1, 0.15) is 21.6 Å². The Morgan fingerprint density at radius 3 is 2.21 bits per heavy atom. The Kier molecular flexibility index (Phi) is 6.26. The molecular weight excluding hydrogens is 466 g/mol. The van der Waals surface area contributed by atoms with Crippen molar-refractivity contribution < 1.29 is 35.9 Å². The standard InChI is InChI=1S/C22H18F6N4O2/c23-21(24,25)14-2-1-3-17(12-14)32-19(22(26,27)28)18(13-29-32)20(33)30-15-4-6-16(7-5-15)31-8-10-34-11-9-31/h1-7,12-13H,8-11H2,(H,30,33). The quantitative estimate of drug-likeness (QED) is 0.530. The maximum Gasteiger partial charge on any atom is 0.434 e. The third-order valence-corrected chi connectivity index (χ3v) is 5.20. The van der Waals surface area contributed by atoms with Gasteiger partial charge in [-0.25, -0.2) is 4.68 Å². The first-order chi connectivity index (χ1) is 16.0. The number of benzene rings is 2. The number of nitrogens with zero attached hydrogens (tertiary/aromatic N) is 3. The Bertz CT molecular complexity index is 1170. The summed E-state index contributed by atoms with van der Waals surface area (Å²) in [5.41, 5.74) is -2.79. The molecule has 1 aliphatic heterocycles. The van der Waals surface area contributed by atoms with E-state index in [1.54, 1.807) is 24.3 Å². The molecule has 6 nitrogen and oxygen atoms in total. The van der Waals surface area contributed by atoms with Crippen molar-refractivity contribution in [3.63, 3.8) is 0 Å². The lowest BCUT2D eigenvalue weighted by Gasteiger charge is -2.28. The average molecular weight is 484 g/mol. The van der Waals surface area contributed by atoms with Gasteiger partial charge in [0.05, 0.1) is 36.2 Å². The maximum atomic E-state index is 13.8. The third-order valence-electron chi connectivity index (χ3n) is 5.20. The number of morpholine rings is 1. The lowest BCUT2D eigenvalue weighted by molar-refractivity contribution is -0.143. The van der Waals surface area contributed by atoms with Crippen LogP contribution in [0.4, 0.5) is 37.7 Å². The third kappa shape index (κ3) is 5.01. The van der Waals surface area contributed by atoms with Gasteiger partial charge >= 0.3 is 12.4 Å². The zero-order chi connectivity index (χ0) is 24.5. The Balaban J connectivity index is 1.61. The minimum absolute atomic E-state index is 0.252. The van der Waals surface area contributed by atoms with Crippen molar-refractivity contribution in [1.29, 1.82) is 0 Å². The monoisotopic (exact) mass is 484 g/mol. The van der Waals surface area contributed by atoms with Gasteiger partial charge in [-0.1, -0.05) is 6.07 Å². The highest BCUT2D eigenvalue weighted by Gasteiger charge is 2.41. The lowest BCUT2D eigenvalue weighted by atomic mass is 10.1. The van der Waals surface area contributed by atoms with Crippen molar-refractivity contribution in [1.82, 2.24) is 9.78 Å². The molecule has 34 heavy (non-hydrogen) atoms. The zero-order valence-corrected chi connectivity index (χ0v) is 17.5. The number of aromatic nitrogens is 2. The van der Waals surface area contributed by atoms with Gasteiger partial charge in [0.15, 0.2) is 5.69 Å². The second-order valence-electron chi connectivity index (χ2n) is 7.46. The highest BCUT2D eigenvalue weighted by Crippen LogP contribution is 2.36. The van der Waals surface area contributed by atoms with Gasteiger partial charge in [-0.15, -0.1) is 0 Å². The van der Waals surface area contributed by atoms with Crippen LogP contribution in [0.5, 0.6) is 0 Å². The largest absolute Gasteiger partial charge is 0.434 e. The molecule has 1 aromatic heterocycles. The molecule has 0 spiro atoms. The number of rotatable bonds is 4. The molecule has 0 aliphatic carbocycles. The summed E-state index contributed by atoms with van der Waals surface area (Å²) in [5, 5.41) is 5.95. The van der Waals surface area contributed by atoms with E-state index in [0.717, 1.165) is 23.9 Å². The molecule has 3 aromatic rings. The fourth-order valence-electron chi connectivity index (χ4n) is 3.57. The number of halogens is 6. The van der Waals surface area contributed by atoms with Crippen LogP contribution in [0.3, 0.4) is 0 Å². The average Bonchev–Trinajstić information content (AvgIpc) is 3.26. The van der Waals surface area contributed by atoms with Gasteiger partial charge in [0.1, 0.15) is 0 Å². The summed E-state index contributed by atoms with van der Waals surface area (Å²) in [6, 6.07) is 9.82. The van der Waals surface area contributed by atoms with Crippen LogP contribution in [0.15, 0.2) is 54.7 Å². The van der Waals surface area contributed by atoms with Crippen LogP contribution in [0.25, 0.3) is 5.69 Å². The van der Waals surface area contributed by atoms with Crippen molar-refractivity contribution in [3.8, 4) is 5.69 Å². The molecule has 0 bridgehead atoms. The second-order valence-corrected chi connectivity index (χ2v) is 7.46. The fraction of sp³-hybridized carbons (Fsp3) is 0.273. The van der Waals surface area contributed by atoms with E-state index in [1.807, 2.05) is 0 Å². The molecule has 0 unspecified atom stereocenters. The number of anilines is 2. The summed E-state index contributed by atoms with van der Waals surface area (Å²) in [7, 11) is 0. The van der Waals surface area contributed by atoms with E-state index in [1.165, 1.54) is 0 Å².